The first kappa shape index (κ1) is 9.70. The normalized spacial score (nSPS) is 13.3. The first-order valence-corrected chi connectivity index (χ1v) is 4.59. The molecule has 0 amide bonds. The summed E-state index contributed by atoms with van der Waals surface area (Å²) in [6, 6.07) is 0. The van der Waals surface area contributed by atoms with Gasteiger partial charge < -0.3 is 10.8 Å². The van der Waals surface area contributed by atoms with Gasteiger partial charge in [-0.2, -0.15) is 5.10 Å². The monoisotopic (exact) mass is 233 g/mol. The highest BCUT2D eigenvalue weighted by Crippen LogP contribution is 2.22. The summed E-state index contributed by atoms with van der Waals surface area (Å²) in [5, 5.41) is 13.5. The van der Waals surface area contributed by atoms with Crippen molar-refractivity contribution in [1.29, 1.82) is 0 Å². The van der Waals surface area contributed by atoms with Gasteiger partial charge in [-0.1, -0.05) is 0 Å². The van der Waals surface area contributed by atoms with Crippen molar-refractivity contribution in [3.63, 3.8) is 0 Å². The molecule has 68 valence electrons. The molecule has 0 aliphatic rings. The molecule has 0 spiro atoms. The third-order valence-electron chi connectivity index (χ3n) is 1.68. The minimum atomic E-state index is -0.625. The lowest BCUT2D eigenvalue weighted by Crippen LogP contribution is -2.11. The van der Waals surface area contributed by atoms with E-state index in [1.54, 1.807) is 10.9 Å². The molecule has 5 heteroatoms. The van der Waals surface area contributed by atoms with Crippen molar-refractivity contribution in [3.05, 3.63) is 16.4 Å². The van der Waals surface area contributed by atoms with Crippen LogP contribution in [0.15, 0.2) is 10.8 Å². The van der Waals surface area contributed by atoms with E-state index in [1.807, 2.05) is 6.92 Å². The SMILES string of the molecule is CCn1ncc(C(O)CN)c1Br. The second-order valence-corrected chi connectivity index (χ2v) is 3.21. The Labute approximate surface area is 79.5 Å². The lowest BCUT2D eigenvalue weighted by Gasteiger charge is -2.05. The molecule has 0 fully saturated rings. The second-order valence-electron chi connectivity index (χ2n) is 2.46. The number of aryl methyl sites for hydroxylation is 1. The fourth-order valence-electron chi connectivity index (χ4n) is 0.956. The first-order valence-electron chi connectivity index (χ1n) is 3.80. The second kappa shape index (κ2) is 4.02. The Morgan fingerprint density at radius 2 is 2.50 bits per heavy atom. The van der Waals surface area contributed by atoms with Gasteiger partial charge in [0.05, 0.1) is 12.3 Å². The molecule has 0 saturated heterocycles. The van der Waals surface area contributed by atoms with Gasteiger partial charge in [0, 0.05) is 18.7 Å². The van der Waals surface area contributed by atoms with Crippen LogP contribution in [-0.2, 0) is 6.54 Å². The van der Waals surface area contributed by atoms with Crippen LogP contribution in [0.5, 0.6) is 0 Å². The lowest BCUT2D eigenvalue weighted by atomic mass is 10.2. The molecule has 0 aliphatic heterocycles. The quantitative estimate of drug-likeness (QED) is 0.807. The fraction of sp³-hybridized carbons (Fsp3) is 0.571. The maximum absolute atomic E-state index is 9.41. The Morgan fingerprint density at radius 3 is 2.92 bits per heavy atom. The van der Waals surface area contributed by atoms with Gasteiger partial charge in [0.1, 0.15) is 4.60 Å². The van der Waals surface area contributed by atoms with E-state index in [9.17, 15) is 5.11 Å². The zero-order valence-corrected chi connectivity index (χ0v) is 8.45. The molecule has 0 bridgehead atoms. The summed E-state index contributed by atoms with van der Waals surface area (Å²) in [5.74, 6) is 0. The Bertz CT molecular complexity index is 261. The van der Waals surface area contributed by atoms with Gasteiger partial charge in [0.15, 0.2) is 0 Å². The highest BCUT2D eigenvalue weighted by atomic mass is 79.9. The van der Waals surface area contributed by atoms with Crippen LogP contribution >= 0.6 is 15.9 Å². The Balaban J connectivity index is 2.93. The van der Waals surface area contributed by atoms with E-state index in [4.69, 9.17) is 5.73 Å². The zero-order chi connectivity index (χ0) is 9.14. The molecule has 0 aliphatic carbocycles. The molecule has 3 N–H and O–H groups in total. The van der Waals surface area contributed by atoms with Crippen LogP contribution < -0.4 is 5.73 Å². The number of nitrogens with zero attached hydrogens (tertiary/aromatic N) is 2. The molecule has 1 rings (SSSR count). The predicted molar refractivity (Wildman–Crippen MR) is 49.6 cm³/mol. The number of hydrogen-bond acceptors (Lipinski definition) is 3. The summed E-state index contributed by atoms with van der Waals surface area (Å²) in [6.45, 7) is 2.97. The molecule has 12 heavy (non-hydrogen) atoms. The van der Waals surface area contributed by atoms with E-state index in [-0.39, 0.29) is 6.54 Å². The van der Waals surface area contributed by atoms with Gasteiger partial charge in [-0.25, -0.2) is 0 Å². The van der Waals surface area contributed by atoms with Gasteiger partial charge in [0.2, 0.25) is 0 Å². The fourth-order valence-corrected chi connectivity index (χ4v) is 1.66. The van der Waals surface area contributed by atoms with E-state index in [0.29, 0.717) is 0 Å². The van der Waals surface area contributed by atoms with Crippen LogP contribution in [0.2, 0.25) is 0 Å². The molecular formula is C7H12BrN3O. The van der Waals surface area contributed by atoms with E-state index >= 15 is 0 Å². The molecule has 1 aromatic heterocycles. The zero-order valence-electron chi connectivity index (χ0n) is 6.87. The van der Waals surface area contributed by atoms with Crippen molar-refractivity contribution < 1.29 is 5.11 Å². The maximum atomic E-state index is 9.41. The molecule has 1 aromatic rings. The summed E-state index contributed by atoms with van der Waals surface area (Å²) in [7, 11) is 0. The molecule has 0 radical (unpaired) electrons. The van der Waals surface area contributed by atoms with Crippen LogP contribution in [0.4, 0.5) is 0 Å². The molecule has 1 heterocycles. The Kier molecular flexibility index (Phi) is 3.25. The van der Waals surface area contributed by atoms with Gasteiger partial charge >= 0.3 is 0 Å². The molecule has 1 atom stereocenters. The Morgan fingerprint density at radius 1 is 1.83 bits per heavy atom. The van der Waals surface area contributed by atoms with Gasteiger partial charge in [0.25, 0.3) is 0 Å². The number of hydrogen-bond donors (Lipinski definition) is 2. The van der Waals surface area contributed by atoms with Crippen molar-refractivity contribution in [2.24, 2.45) is 5.73 Å². The number of halogens is 1. The van der Waals surface area contributed by atoms with Crippen LogP contribution in [0, 0.1) is 0 Å². The predicted octanol–water partition coefficient (Wildman–Crippen LogP) is 0.658. The molecular weight excluding hydrogens is 222 g/mol. The standard InChI is InChI=1S/C7H12BrN3O/c1-2-11-7(8)5(4-10-11)6(12)3-9/h4,6,12H,2-3,9H2,1H3. The van der Waals surface area contributed by atoms with E-state index in [1.165, 1.54) is 0 Å². The third-order valence-corrected chi connectivity index (χ3v) is 2.55. The van der Waals surface area contributed by atoms with Crippen LogP contribution in [0.25, 0.3) is 0 Å². The average molecular weight is 234 g/mol. The number of rotatable bonds is 3. The van der Waals surface area contributed by atoms with Crippen molar-refractivity contribution in [2.45, 2.75) is 19.6 Å². The largest absolute Gasteiger partial charge is 0.387 e. The smallest absolute Gasteiger partial charge is 0.109 e. The Hall–Kier alpha value is -0.390. The van der Waals surface area contributed by atoms with Gasteiger partial charge in [-0.15, -0.1) is 0 Å². The number of aliphatic hydroxyl groups excluding tert-OH is 1. The van der Waals surface area contributed by atoms with Crippen LogP contribution in [-0.4, -0.2) is 21.4 Å². The average Bonchev–Trinajstić information content (AvgIpc) is 2.45. The summed E-state index contributed by atoms with van der Waals surface area (Å²) >= 11 is 3.34. The van der Waals surface area contributed by atoms with Gasteiger partial charge in [-0.05, 0) is 22.9 Å². The summed E-state index contributed by atoms with van der Waals surface area (Å²) < 4.78 is 2.57. The highest BCUT2D eigenvalue weighted by molar-refractivity contribution is 9.10. The van der Waals surface area contributed by atoms with Crippen molar-refractivity contribution >= 4 is 15.9 Å². The van der Waals surface area contributed by atoms with Crippen LogP contribution in [0.1, 0.15) is 18.6 Å². The summed E-state index contributed by atoms with van der Waals surface area (Å²) in [6.07, 6.45) is 1.00. The van der Waals surface area contributed by atoms with E-state index < -0.39 is 6.10 Å². The number of aliphatic hydroxyl groups is 1. The highest BCUT2D eigenvalue weighted by Gasteiger charge is 2.13. The van der Waals surface area contributed by atoms with Crippen molar-refractivity contribution in [2.75, 3.05) is 6.54 Å². The molecule has 4 nitrogen and oxygen atoms in total. The third kappa shape index (κ3) is 1.68. The van der Waals surface area contributed by atoms with Crippen molar-refractivity contribution in [1.82, 2.24) is 9.78 Å². The summed E-state index contributed by atoms with van der Waals surface area (Å²) in [5.41, 5.74) is 6.07. The summed E-state index contributed by atoms with van der Waals surface area (Å²) in [4.78, 5) is 0. The van der Waals surface area contributed by atoms with E-state index in [0.717, 1.165) is 16.7 Å². The van der Waals surface area contributed by atoms with Crippen LogP contribution in [0.3, 0.4) is 0 Å². The maximum Gasteiger partial charge on any atom is 0.109 e. The number of nitrogens with two attached hydrogens (primary N) is 1. The minimum Gasteiger partial charge on any atom is -0.387 e. The first-order chi connectivity index (χ1) is 5.70. The lowest BCUT2D eigenvalue weighted by molar-refractivity contribution is 0.186. The molecule has 0 saturated carbocycles. The van der Waals surface area contributed by atoms with Gasteiger partial charge in [-0.3, -0.25) is 4.68 Å². The minimum absolute atomic E-state index is 0.216. The molecule has 1 unspecified atom stereocenters. The topological polar surface area (TPSA) is 64.1 Å². The molecule has 0 aromatic carbocycles. The number of aromatic nitrogens is 2. The van der Waals surface area contributed by atoms with E-state index in [2.05, 4.69) is 21.0 Å². The van der Waals surface area contributed by atoms with Crippen molar-refractivity contribution in [3.8, 4) is 0 Å².